The fraction of sp³-hybridized carbons (Fsp3) is 0.364. The molecular weight excluding hydrogens is 227 g/mol. The molecule has 0 saturated carbocycles. The number of hydrogen-bond donors (Lipinski definition) is 1. The summed E-state index contributed by atoms with van der Waals surface area (Å²) in [6, 6.07) is 8.01. The lowest BCUT2D eigenvalue weighted by Gasteiger charge is -1.89. The molecule has 1 atom stereocenters. The highest BCUT2D eigenvalue weighted by molar-refractivity contribution is 7.32. The van der Waals surface area contributed by atoms with Gasteiger partial charge < -0.3 is 0 Å². The zero-order valence-corrected chi connectivity index (χ0v) is 10.3. The Morgan fingerprint density at radius 3 is 2.12 bits per heavy atom. The van der Waals surface area contributed by atoms with Crippen molar-refractivity contribution in [3.63, 3.8) is 0 Å². The van der Waals surface area contributed by atoms with Crippen LogP contribution in [0.1, 0.15) is 37.0 Å². The lowest BCUT2D eigenvalue weighted by Crippen LogP contribution is -1.98. The topological polar surface area (TPSA) is 63.6 Å². The molecule has 0 aliphatic heterocycles. The predicted molar refractivity (Wildman–Crippen MR) is 62.3 cm³/mol. The van der Waals surface area contributed by atoms with Crippen molar-refractivity contribution in [1.29, 1.82) is 0 Å². The van der Waals surface area contributed by atoms with E-state index >= 15 is 0 Å². The average Bonchev–Trinajstić information content (AvgIpc) is 2.30. The van der Waals surface area contributed by atoms with E-state index in [-0.39, 0.29) is 5.56 Å². The molecule has 1 unspecified atom stereocenters. The molecule has 0 spiro atoms. The number of carbonyl (C=O) groups is 1. The van der Waals surface area contributed by atoms with E-state index < -0.39 is 14.2 Å². The van der Waals surface area contributed by atoms with Gasteiger partial charge in [0.25, 0.3) is 0 Å². The van der Waals surface area contributed by atoms with E-state index in [1.165, 1.54) is 25.0 Å². The van der Waals surface area contributed by atoms with Gasteiger partial charge in [-0.05, 0) is 12.1 Å². The summed E-state index contributed by atoms with van der Waals surface area (Å²) < 4.78 is 14.2. The first-order chi connectivity index (χ1) is 7.61. The number of unbranched alkanes of at least 4 members (excludes halogenated alkanes) is 1. The molecular formula is C11H16O4P+. The summed E-state index contributed by atoms with van der Waals surface area (Å²) in [5.74, 6) is -0.792. The normalized spacial score (nSPS) is 9.81. The fourth-order valence-electron chi connectivity index (χ4n) is 0.698. The van der Waals surface area contributed by atoms with Crippen molar-refractivity contribution in [3.8, 4) is 0 Å². The zero-order valence-electron chi connectivity index (χ0n) is 9.42. The maximum Gasteiger partial charge on any atom is 0.750 e. The largest absolute Gasteiger partial charge is 0.750 e. The number of benzene rings is 1. The molecule has 1 aromatic carbocycles. The molecule has 1 N–H and O–H groups in total. The molecule has 16 heavy (non-hydrogen) atoms. The Labute approximate surface area is 96.2 Å². The number of rotatable bonds is 3. The molecule has 0 heterocycles. The minimum Gasteiger partial charge on any atom is -0.241 e. The minimum atomic E-state index is -2.86. The standard InChI is InChI=1S/C7H5O4P.C4H10/c8-7(11-12(9)10)6-4-2-1-3-5-6;1-3-4-2/h1-5H;3-4H2,1-2H3/p+1. The highest BCUT2D eigenvalue weighted by atomic mass is 31.1. The van der Waals surface area contributed by atoms with Crippen LogP contribution in [0.4, 0.5) is 0 Å². The third-order valence-electron chi connectivity index (χ3n) is 1.67. The summed E-state index contributed by atoms with van der Waals surface area (Å²) in [5.41, 5.74) is 0.259. The summed E-state index contributed by atoms with van der Waals surface area (Å²) in [6.07, 6.45) is 2.64. The Hall–Kier alpha value is -1.25. The molecule has 0 radical (unpaired) electrons. The van der Waals surface area contributed by atoms with Crippen LogP contribution < -0.4 is 0 Å². The molecule has 0 saturated heterocycles. The first-order valence-corrected chi connectivity index (χ1v) is 6.18. The van der Waals surface area contributed by atoms with E-state index in [9.17, 15) is 9.36 Å². The van der Waals surface area contributed by atoms with Gasteiger partial charge in [-0.15, -0.1) is 4.89 Å². The molecule has 1 aromatic rings. The van der Waals surface area contributed by atoms with E-state index in [0.717, 1.165) is 0 Å². The molecule has 0 fully saturated rings. The lowest BCUT2D eigenvalue weighted by molar-refractivity contribution is 0.0731. The SMILES string of the molecule is CCCC.O=C(O[P+](=O)O)c1ccccc1. The minimum absolute atomic E-state index is 0.259. The summed E-state index contributed by atoms with van der Waals surface area (Å²) in [7, 11) is -2.86. The second-order valence-electron chi connectivity index (χ2n) is 2.98. The van der Waals surface area contributed by atoms with E-state index in [2.05, 4.69) is 18.4 Å². The summed E-state index contributed by atoms with van der Waals surface area (Å²) in [4.78, 5) is 19.1. The summed E-state index contributed by atoms with van der Waals surface area (Å²) in [5, 5.41) is 0. The van der Waals surface area contributed by atoms with Crippen molar-refractivity contribution in [2.75, 3.05) is 0 Å². The Kier molecular flexibility index (Phi) is 8.31. The molecule has 1 rings (SSSR count). The summed E-state index contributed by atoms with van der Waals surface area (Å²) in [6.45, 7) is 4.36. The van der Waals surface area contributed by atoms with Gasteiger partial charge in [0.2, 0.25) is 0 Å². The van der Waals surface area contributed by atoms with Crippen LogP contribution in [0.15, 0.2) is 30.3 Å². The van der Waals surface area contributed by atoms with Gasteiger partial charge in [-0.2, -0.15) is 4.52 Å². The molecule has 88 valence electrons. The van der Waals surface area contributed by atoms with Crippen molar-refractivity contribution in [2.45, 2.75) is 26.7 Å². The molecule has 0 aromatic heterocycles. The lowest BCUT2D eigenvalue weighted by atomic mass is 10.2. The maximum atomic E-state index is 10.9. The maximum absolute atomic E-state index is 10.9. The first-order valence-electron chi connectivity index (χ1n) is 5.05. The van der Waals surface area contributed by atoms with E-state index in [4.69, 9.17) is 4.89 Å². The number of hydrogen-bond acceptors (Lipinski definition) is 3. The third kappa shape index (κ3) is 7.10. The Morgan fingerprint density at radius 1 is 1.25 bits per heavy atom. The predicted octanol–water partition coefficient (Wildman–Crippen LogP) is 3.30. The van der Waals surface area contributed by atoms with Gasteiger partial charge in [-0.1, -0.05) is 44.9 Å². The summed E-state index contributed by atoms with van der Waals surface area (Å²) >= 11 is 0. The van der Waals surface area contributed by atoms with Gasteiger partial charge in [0.15, 0.2) is 0 Å². The van der Waals surface area contributed by atoms with Crippen molar-refractivity contribution in [2.24, 2.45) is 0 Å². The van der Waals surface area contributed by atoms with Crippen LogP contribution in [-0.4, -0.2) is 10.9 Å². The van der Waals surface area contributed by atoms with Crippen LogP contribution >= 0.6 is 8.25 Å². The quantitative estimate of drug-likeness (QED) is 0.827. The highest BCUT2D eigenvalue weighted by Crippen LogP contribution is 2.17. The Bertz CT molecular complexity index is 322. The molecule has 4 nitrogen and oxygen atoms in total. The van der Waals surface area contributed by atoms with Gasteiger partial charge in [-0.25, -0.2) is 4.79 Å². The molecule has 5 heteroatoms. The van der Waals surface area contributed by atoms with Crippen molar-refractivity contribution in [3.05, 3.63) is 35.9 Å². The van der Waals surface area contributed by atoms with Gasteiger partial charge >= 0.3 is 14.2 Å². The van der Waals surface area contributed by atoms with Gasteiger partial charge in [0, 0.05) is 4.57 Å². The first kappa shape index (κ1) is 14.8. The van der Waals surface area contributed by atoms with E-state index in [1.807, 2.05) is 0 Å². The second kappa shape index (κ2) is 9.01. The Morgan fingerprint density at radius 2 is 1.75 bits per heavy atom. The van der Waals surface area contributed by atoms with Gasteiger partial charge in [-0.3, -0.25) is 0 Å². The van der Waals surface area contributed by atoms with E-state index in [0.29, 0.717) is 0 Å². The van der Waals surface area contributed by atoms with Crippen LogP contribution in [0, 0.1) is 0 Å². The van der Waals surface area contributed by atoms with Crippen LogP contribution in [0.25, 0.3) is 0 Å². The zero-order chi connectivity index (χ0) is 12.4. The van der Waals surface area contributed by atoms with Crippen molar-refractivity contribution in [1.82, 2.24) is 0 Å². The fourth-order valence-corrected chi connectivity index (χ4v) is 0.945. The smallest absolute Gasteiger partial charge is 0.241 e. The molecule has 0 amide bonds. The van der Waals surface area contributed by atoms with Crippen LogP contribution in [0.2, 0.25) is 0 Å². The van der Waals surface area contributed by atoms with Gasteiger partial charge in [0.05, 0.1) is 5.56 Å². The number of carbonyl (C=O) groups excluding carboxylic acids is 1. The third-order valence-corrected chi connectivity index (χ3v) is 1.99. The monoisotopic (exact) mass is 243 g/mol. The van der Waals surface area contributed by atoms with Gasteiger partial charge in [0.1, 0.15) is 0 Å². The van der Waals surface area contributed by atoms with E-state index in [1.54, 1.807) is 18.2 Å². The highest BCUT2D eigenvalue weighted by Gasteiger charge is 2.21. The average molecular weight is 243 g/mol. The second-order valence-corrected chi connectivity index (χ2v) is 3.64. The van der Waals surface area contributed by atoms with Crippen LogP contribution in [-0.2, 0) is 9.09 Å². The Balaban J connectivity index is 0.000000487. The van der Waals surface area contributed by atoms with Crippen LogP contribution in [0.3, 0.4) is 0 Å². The van der Waals surface area contributed by atoms with Crippen molar-refractivity contribution < 1.29 is 18.8 Å². The van der Waals surface area contributed by atoms with Crippen molar-refractivity contribution >= 4 is 14.2 Å². The molecule has 0 bridgehead atoms. The molecule has 0 aliphatic rings. The molecule has 0 aliphatic carbocycles. The van der Waals surface area contributed by atoms with Crippen LogP contribution in [0.5, 0.6) is 0 Å².